The zero-order chi connectivity index (χ0) is 15.0. The lowest BCUT2D eigenvalue weighted by Gasteiger charge is -2.23. The molecular formula is C17H18N2O2. The van der Waals surface area contributed by atoms with Crippen LogP contribution in [0.4, 0.5) is 0 Å². The minimum absolute atomic E-state index is 0.221. The van der Waals surface area contributed by atoms with Gasteiger partial charge in [0.2, 0.25) is 5.91 Å². The Bertz CT molecular complexity index is 739. The van der Waals surface area contributed by atoms with Crippen LogP contribution in [0, 0.1) is 5.41 Å². The Labute approximate surface area is 123 Å². The van der Waals surface area contributed by atoms with E-state index in [2.05, 4.69) is 11.1 Å². The number of aldehydes is 1. The Kier molecular flexibility index (Phi) is 3.24. The van der Waals surface area contributed by atoms with Gasteiger partial charge in [-0.1, -0.05) is 13.0 Å². The number of nitrogens with zero attached hydrogens (tertiary/aromatic N) is 1. The smallest absolute Gasteiger partial charge is 0.223 e. The minimum Gasteiger partial charge on any atom is -0.369 e. The third-order valence-corrected chi connectivity index (χ3v) is 4.64. The van der Waals surface area contributed by atoms with E-state index in [4.69, 9.17) is 5.73 Å². The molecule has 4 nitrogen and oxygen atoms in total. The Morgan fingerprint density at radius 1 is 1.24 bits per heavy atom. The fraction of sp³-hybridized carbons (Fsp3) is 0.353. The molecule has 1 aromatic heterocycles. The first-order chi connectivity index (χ1) is 10.0. The van der Waals surface area contributed by atoms with Crippen molar-refractivity contribution in [3.63, 3.8) is 0 Å². The van der Waals surface area contributed by atoms with Crippen molar-refractivity contribution in [2.75, 3.05) is 0 Å². The van der Waals surface area contributed by atoms with Crippen molar-refractivity contribution >= 4 is 23.1 Å². The van der Waals surface area contributed by atoms with E-state index >= 15 is 0 Å². The number of benzene rings is 1. The molecule has 0 fully saturated rings. The van der Waals surface area contributed by atoms with Crippen molar-refractivity contribution in [2.24, 2.45) is 11.1 Å². The van der Waals surface area contributed by atoms with Gasteiger partial charge in [-0.25, -0.2) is 4.98 Å². The maximum atomic E-state index is 11.7. The second-order valence-electron chi connectivity index (χ2n) is 6.09. The number of fused-ring (bicyclic) bond motifs is 2. The summed E-state index contributed by atoms with van der Waals surface area (Å²) in [4.78, 5) is 26.9. The Morgan fingerprint density at radius 3 is 2.52 bits per heavy atom. The van der Waals surface area contributed by atoms with Gasteiger partial charge in [0.05, 0.1) is 5.52 Å². The number of pyridine rings is 1. The molecular weight excluding hydrogens is 264 g/mol. The summed E-state index contributed by atoms with van der Waals surface area (Å²) in [5.74, 6) is -0.221. The highest BCUT2D eigenvalue weighted by Gasteiger charge is 2.32. The van der Waals surface area contributed by atoms with Gasteiger partial charge < -0.3 is 5.73 Å². The molecule has 1 aliphatic carbocycles. The van der Waals surface area contributed by atoms with Gasteiger partial charge in [0, 0.05) is 10.8 Å². The molecule has 2 N–H and O–H groups in total. The van der Waals surface area contributed by atoms with Crippen molar-refractivity contribution in [1.82, 2.24) is 4.98 Å². The lowest BCUT2D eigenvalue weighted by Crippen LogP contribution is -2.34. The number of hydrogen-bond donors (Lipinski definition) is 1. The third-order valence-electron chi connectivity index (χ3n) is 4.64. The van der Waals surface area contributed by atoms with Crippen LogP contribution >= 0.6 is 0 Å². The number of carbonyl (C=O) groups is 2. The van der Waals surface area contributed by atoms with E-state index in [-0.39, 0.29) is 5.91 Å². The summed E-state index contributed by atoms with van der Waals surface area (Å²) >= 11 is 0. The average molecular weight is 282 g/mol. The van der Waals surface area contributed by atoms with Crippen molar-refractivity contribution in [3.05, 3.63) is 41.1 Å². The van der Waals surface area contributed by atoms with Crippen molar-refractivity contribution in [1.29, 1.82) is 0 Å². The van der Waals surface area contributed by atoms with Crippen LogP contribution in [0.5, 0.6) is 0 Å². The maximum Gasteiger partial charge on any atom is 0.223 e. The first kappa shape index (κ1) is 13.7. The predicted octanol–water partition coefficient (Wildman–Crippen LogP) is 2.42. The number of hydrogen-bond acceptors (Lipinski definition) is 3. The second-order valence-corrected chi connectivity index (χ2v) is 6.09. The van der Waals surface area contributed by atoms with Gasteiger partial charge in [-0.2, -0.15) is 0 Å². The molecule has 0 spiro atoms. The van der Waals surface area contributed by atoms with Gasteiger partial charge in [-0.05, 0) is 55.0 Å². The number of amides is 1. The summed E-state index contributed by atoms with van der Waals surface area (Å²) in [5, 5.41) is 1.03. The van der Waals surface area contributed by atoms with E-state index in [1.807, 2.05) is 19.1 Å². The second kappa shape index (κ2) is 4.95. The highest BCUT2D eigenvalue weighted by Crippen LogP contribution is 2.35. The molecule has 21 heavy (non-hydrogen) atoms. The van der Waals surface area contributed by atoms with Crippen molar-refractivity contribution < 1.29 is 9.59 Å². The van der Waals surface area contributed by atoms with Crippen LogP contribution in [0.3, 0.4) is 0 Å². The number of primary amides is 1. The van der Waals surface area contributed by atoms with E-state index in [1.54, 1.807) is 6.07 Å². The molecule has 1 atom stereocenters. The van der Waals surface area contributed by atoms with E-state index in [9.17, 15) is 9.59 Å². The molecule has 0 saturated carbocycles. The standard InChI is InChI=1S/C17H18N2O2/c1-17(16(18)21)6-4-11-8-13-2-3-14(10-20)19-15(13)9-12(11)5-7-17/h2-3,8-10H,4-7H2,1H3,(H2,18,21). The van der Waals surface area contributed by atoms with Gasteiger partial charge in [0.1, 0.15) is 5.69 Å². The van der Waals surface area contributed by atoms with Crippen LogP contribution in [-0.2, 0) is 17.6 Å². The molecule has 1 heterocycles. The first-order valence-electron chi connectivity index (χ1n) is 7.19. The van der Waals surface area contributed by atoms with Crippen LogP contribution in [0.1, 0.15) is 41.4 Å². The van der Waals surface area contributed by atoms with E-state index in [1.165, 1.54) is 11.1 Å². The molecule has 1 aliphatic rings. The van der Waals surface area contributed by atoms with Crippen LogP contribution in [0.2, 0.25) is 0 Å². The van der Waals surface area contributed by atoms with Gasteiger partial charge in [0.25, 0.3) is 0 Å². The lowest BCUT2D eigenvalue weighted by atomic mass is 9.81. The quantitative estimate of drug-likeness (QED) is 0.679. The van der Waals surface area contributed by atoms with Gasteiger partial charge in [-0.3, -0.25) is 9.59 Å². The zero-order valence-corrected chi connectivity index (χ0v) is 12.1. The highest BCUT2D eigenvalue weighted by atomic mass is 16.1. The molecule has 3 rings (SSSR count). The van der Waals surface area contributed by atoms with Crippen molar-refractivity contribution in [2.45, 2.75) is 32.6 Å². The van der Waals surface area contributed by atoms with Crippen LogP contribution in [0.15, 0.2) is 24.3 Å². The molecule has 1 unspecified atom stereocenters. The topological polar surface area (TPSA) is 73.1 Å². The summed E-state index contributed by atoms with van der Waals surface area (Å²) in [6, 6.07) is 7.82. The predicted molar refractivity (Wildman–Crippen MR) is 81.1 cm³/mol. The molecule has 108 valence electrons. The number of nitrogens with two attached hydrogens (primary N) is 1. The minimum atomic E-state index is -0.438. The monoisotopic (exact) mass is 282 g/mol. The third kappa shape index (κ3) is 2.42. The fourth-order valence-electron chi connectivity index (χ4n) is 3.00. The normalized spacial score (nSPS) is 21.6. The highest BCUT2D eigenvalue weighted by molar-refractivity contribution is 5.85. The average Bonchev–Trinajstić information content (AvgIpc) is 2.65. The molecule has 1 amide bonds. The Morgan fingerprint density at radius 2 is 1.90 bits per heavy atom. The number of carbonyl (C=O) groups excluding carboxylic acids is 2. The molecule has 1 aromatic carbocycles. The van der Waals surface area contributed by atoms with Gasteiger partial charge in [0.15, 0.2) is 6.29 Å². The molecule has 0 saturated heterocycles. The molecule has 0 bridgehead atoms. The summed E-state index contributed by atoms with van der Waals surface area (Å²) in [5.41, 5.74) is 8.86. The Balaban J connectivity index is 2.04. The molecule has 2 aromatic rings. The number of aryl methyl sites for hydroxylation is 2. The molecule has 0 radical (unpaired) electrons. The van der Waals surface area contributed by atoms with Gasteiger partial charge in [-0.15, -0.1) is 0 Å². The van der Waals surface area contributed by atoms with E-state index in [0.29, 0.717) is 5.69 Å². The fourth-order valence-corrected chi connectivity index (χ4v) is 3.00. The summed E-state index contributed by atoms with van der Waals surface area (Å²) in [6.07, 6.45) is 3.96. The van der Waals surface area contributed by atoms with Gasteiger partial charge >= 0.3 is 0 Å². The Hall–Kier alpha value is -2.23. The van der Waals surface area contributed by atoms with Crippen molar-refractivity contribution in [3.8, 4) is 0 Å². The van der Waals surface area contributed by atoms with E-state index < -0.39 is 5.41 Å². The van der Waals surface area contributed by atoms with E-state index in [0.717, 1.165) is 42.9 Å². The maximum absolute atomic E-state index is 11.7. The molecule has 0 aliphatic heterocycles. The molecule has 4 heteroatoms. The number of aromatic nitrogens is 1. The van der Waals surface area contributed by atoms with Crippen LogP contribution in [0.25, 0.3) is 10.9 Å². The summed E-state index contributed by atoms with van der Waals surface area (Å²) in [6.45, 7) is 1.95. The lowest BCUT2D eigenvalue weighted by molar-refractivity contribution is -0.127. The largest absolute Gasteiger partial charge is 0.369 e. The first-order valence-corrected chi connectivity index (χ1v) is 7.19. The number of rotatable bonds is 2. The summed E-state index contributed by atoms with van der Waals surface area (Å²) < 4.78 is 0. The zero-order valence-electron chi connectivity index (χ0n) is 12.1. The summed E-state index contributed by atoms with van der Waals surface area (Å²) in [7, 11) is 0. The van der Waals surface area contributed by atoms with Crippen LogP contribution in [-0.4, -0.2) is 17.2 Å². The SMILES string of the molecule is CC1(C(N)=O)CCc2cc3ccc(C=O)nc3cc2CC1. The van der Waals surface area contributed by atoms with Crippen LogP contribution < -0.4 is 5.73 Å².